The van der Waals surface area contributed by atoms with Gasteiger partial charge in [-0.15, -0.1) is 12.4 Å². The smallest absolute Gasteiger partial charge is 0.270 e. The van der Waals surface area contributed by atoms with E-state index in [0.717, 1.165) is 6.07 Å². The number of hydrogen-bond donors (Lipinski definition) is 1. The number of benzene rings is 1. The Hall–Kier alpha value is -1.22. The Morgan fingerprint density at radius 1 is 1.45 bits per heavy atom. The van der Waals surface area contributed by atoms with Crippen molar-refractivity contribution in [3.8, 4) is 0 Å². The number of halogens is 1. The summed E-state index contributed by atoms with van der Waals surface area (Å²) in [5, 5.41) is 10.9. The van der Waals surface area contributed by atoms with Gasteiger partial charge < -0.3 is 5.73 Å². The number of sulfonamides is 1. The Bertz CT molecular complexity index is 665. The molecule has 0 radical (unpaired) electrons. The highest BCUT2D eigenvalue weighted by Gasteiger charge is 2.38. The van der Waals surface area contributed by atoms with Crippen LogP contribution in [-0.4, -0.2) is 36.8 Å². The first-order valence-corrected chi connectivity index (χ1v) is 8.18. The van der Waals surface area contributed by atoms with Crippen LogP contribution in [0.1, 0.15) is 18.9 Å². The van der Waals surface area contributed by atoms with E-state index in [1.165, 1.54) is 16.4 Å². The van der Waals surface area contributed by atoms with E-state index >= 15 is 0 Å². The van der Waals surface area contributed by atoms with Gasteiger partial charge in [0.05, 0.1) is 9.82 Å². The van der Waals surface area contributed by atoms with Crippen molar-refractivity contribution in [2.24, 2.45) is 11.7 Å². The van der Waals surface area contributed by atoms with E-state index in [2.05, 4.69) is 0 Å². The van der Waals surface area contributed by atoms with Gasteiger partial charge in [-0.25, -0.2) is 8.42 Å². The minimum absolute atomic E-state index is 0. The minimum Gasteiger partial charge on any atom is -0.330 e. The molecule has 1 aliphatic heterocycles. The van der Waals surface area contributed by atoms with E-state index < -0.39 is 14.9 Å². The van der Waals surface area contributed by atoms with Crippen molar-refractivity contribution in [1.82, 2.24) is 4.31 Å². The molecule has 2 rings (SSSR count). The van der Waals surface area contributed by atoms with Crippen LogP contribution in [0.3, 0.4) is 0 Å². The second kappa shape index (κ2) is 6.91. The Morgan fingerprint density at radius 2 is 2.09 bits per heavy atom. The van der Waals surface area contributed by atoms with Crippen LogP contribution < -0.4 is 5.73 Å². The fraction of sp³-hybridized carbons (Fsp3) is 0.538. The molecule has 1 aromatic carbocycles. The summed E-state index contributed by atoms with van der Waals surface area (Å²) in [6.07, 6.45) is 0.712. The second-order valence-corrected chi connectivity index (χ2v) is 7.33. The van der Waals surface area contributed by atoms with Crippen LogP contribution in [0.5, 0.6) is 0 Å². The van der Waals surface area contributed by atoms with Gasteiger partial charge in [0, 0.05) is 24.7 Å². The van der Waals surface area contributed by atoms with Crippen molar-refractivity contribution < 1.29 is 13.3 Å². The van der Waals surface area contributed by atoms with Gasteiger partial charge in [-0.1, -0.05) is 6.07 Å². The predicted octanol–water partition coefficient (Wildman–Crippen LogP) is 1.68. The number of nitro benzene ring substituents is 1. The third-order valence-electron chi connectivity index (χ3n) is 3.91. The normalized spacial score (nSPS) is 22.3. The van der Waals surface area contributed by atoms with E-state index in [4.69, 9.17) is 5.73 Å². The Kier molecular flexibility index (Phi) is 5.91. The van der Waals surface area contributed by atoms with E-state index in [1.54, 1.807) is 6.92 Å². The molecule has 0 bridgehead atoms. The van der Waals surface area contributed by atoms with E-state index in [0.29, 0.717) is 25.1 Å². The van der Waals surface area contributed by atoms with Crippen molar-refractivity contribution >= 4 is 28.1 Å². The zero-order valence-electron chi connectivity index (χ0n) is 12.4. The van der Waals surface area contributed by atoms with Gasteiger partial charge in [-0.05, 0) is 38.3 Å². The minimum atomic E-state index is -3.74. The van der Waals surface area contributed by atoms with Crippen LogP contribution in [0.4, 0.5) is 5.69 Å². The summed E-state index contributed by atoms with van der Waals surface area (Å²) in [4.78, 5) is 10.3. The number of rotatable bonds is 4. The van der Waals surface area contributed by atoms with Crippen LogP contribution in [0.2, 0.25) is 0 Å². The molecule has 9 heteroatoms. The number of nitrogens with two attached hydrogens (primary N) is 1. The van der Waals surface area contributed by atoms with E-state index in [-0.39, 0.29) is 34.9 Å². The van der Waals surface area contributed by atoms with E-state index in [1.807, 2.05) is 6.92 Å². The molecule has 1 fully saturated rings. The average Bonchev–Trinajstić information content (AvgIpc) is 2.80. The van der Waals surface area contributed by atoms with Gasteiger partial charge in [0.1, 0.15) is 0 Å². The molecular weight excluding hydrogens is 330 g/mol. The van der Waals surface area contributed by atoms with Gasteiger partial charge in [-0.3, -0.25) is 10.1 Å². The molecular formula is C13H20ClN3O4S. The molecule has 2 atom stereocenters. The highest BCUT2D eigenvalue weighted by Crippen LogP contribution is 2.31. The van der Waals surface area contributed by atoms with Crippen LogP contribution in [0, 0.1) is 23.0 Å². The maximum absolute atomic E-state index is 12.8. The molecule has 124 valence electrons. The van der Waals surface area contributed by atoms with Crippen molar-refractivity contribution in [3.05, 3.63) is 33.9 Å². The standard InChI is InChI=1S/C13H19N3O4S.ClH/c1-9-3-4-12(16(17)18)6-13(9)21(19,20)15-8-11(7-14)5-10(15)2;/h3-4,6,10-11H,5,7-8,14H2,1-2H3;1H. The first kappa shape index (κ1) is 18.8. The third kappa shape index (κ3) is 3.40. The lowest BCUT2D eigenvalue weighted by molar-refractivity contribution is -0.385. The summed E-state index contributed by atoms with van der Waals surface area (Å²) in [5.41, 5.74) is 5.91. The highest BCUT2D eigenvalue weighted by molar-refractivity contribution is 7.89. The van der Waals surface area contributed by atoms with Gasteiger partial charge in [0.15, 0.2) is 0 Å². The molecule has 7 nitrogen and oxygen atoms in total. The molecule has 0 spiro atoms. The molecule has 2 unspecified atom stereocenters. The maximum atomic E-state index is 12.8. The molecule has 1 saturated heterocycles. The van der Waals surface area contributed by atoms with Crippen LogP contribution in [0.15, 0.2) is 23.1 Å². The Balaban J connectivity index is 0.00000242. The summed E-state index contributed by atoms with van der Waals surface area (Å²) in [6.45, 7) is 4.27. The SMILES string of the molecule is Cc1ccc([N+](=O)[O-])cc1S(=O)(=O)N1CC(CN)CC1C.Cl. The fourth-order valence-corrected chi connectivity index (χ4v) is 4.69. The van der Waals surface area contributed by atoms with Crippen molar-refractivity contribution in [3.63, 3.8) is 0 Å². The number of hydrogen-bond acceptors (Lipinski definition) is 5. The Morgan fingerprint density at radius 3 is 2.59 bits per heavy atom. The van der Waals surface area contributed by atoms with Crippen LogP contribution in [0.25, 0.3) is 0 Å². The first-order chi connectivity index (χ1) is 9.77. The Labute approximate surface area is 136 Å². The lowest BCUT2D eigenvalue weighted by Gasteiger charge is -2.22. The quantitative estimate of drug-likeness (QED) is 0.657. The summed E-state index contributed by atoms with van der Waals surface area (Å²) >= 11 is 0. The van der Waals surface area contributed by atoms with E-state index in [9.17, 15) is 18.5 Å². The number of aryl methyl sites for hydroxylation is 1. The topological polar surface area (TPSA) is 107 Å². The molecule has 1 aromatic rings. The number of nitro groups is 1. The molecule has 0 amide bonds. The van der Waals surface area contributed by atoms with Crippen molar-refractivity contribution in [1.29, 1.82) is 0 Å². The predicted molar refractivity (Wildman–Crippen MR) is 85.6 cm³/mol. The zero-order chi connectivity index (χ0) is 15.8. The van der Waals surface area contributed by atoms with Gasteiger partial charge in [-0.2, -0.15) is 4.31 Å². The summed E-state index contributed by atoms with van der Waals surface area (Å²) in [6, 6.07) is 3.76. The summed E-state index contributed by atoms with van der Waals surface area (Å²) in [7, 11) is -3.74. The lowest BCUT2D eigenvalue weighted by atomic mass is 10.1. The first-order valence-electron chi connectivity index (χ1n) is 6.74. The fourth-order valence-electron chi connectivity index (χ4n) is 2.72. The lowest BCUT2D eigenvalue weighted by Crippen LogP contribution is -2.34. The summed E-state index contributed by atoms with van der Waals surface area (Å²) < 4.78 is 26.9. The molecule has 0 aromatic heterocycles. The van der Waals surface area contributed by atoms with Crippen LogP contribution >= 0.6 is 12.4 Å². The molecule has 0 aliphatic carbocycles. The molecule has 0 saturated carbocycles. The van der Waals surface area contributed by atoms with Gasteiger partial charge in [0.25, 0.3) is 5.69 Å². The van der Waals surface area contributed by atoms with Gasteiger partial charge in [0.2, 0.25) is 10.0 Å². The molecule has 1 heterocycles. The zero-order valence-corrected chi connectivity index (χ0v) is 14.1. The number of nitrogens with zero attached hydrogens (tertiary/aromatic N) is 2. The average molecular weight is 350 g/mol. The third-order valence-corrected chi connectivity index (χ3v) is 6.03. The van der Waals surface area contributed by atoms with Crippen LogP contribution in [-0.2, 0) is 10.0 Å². The molecule has 1 aliphatic rings. The number of non-ortho nitro benzene ring substituents is 1. The monoisotopic (exact) mass is 349 g/mol. The molecule has 22 heavy (non-hydrogen) atoms. The van der Waals surface area contributed by atoms with Gasteiger partial charge >= 0.3 is 0 Å². The van der Waals surface area contributed by atoms with Crippen molar-refractivity contribution in [2.75, 3.05) is 13.1 Å². The highest BCUT2D eigenvalue weighted by atomic mass is 35.5. The molecule has 2 N–H and O–H groups in total. The largest absolute Gasteiger partial charge is 0.330 e. The maximum Gasteiger partial charge on any atom is 0.270 e. The second-order valence-electron chi connectivity index (χ2n) is 5.47. The van der Waals surface area contributed by atoms with Crippen molar-refractivity contribution in [2.45, 2.75) is 31.2 Å². The summed E-state index contributed by atoms with van der Waals surface area (Å²) in [5.74, 6) is 0.133.